The number of amides is 2. The van der Waals surface area contributed by atoms with Crippen LogP contribution in [0.1, 0.15) is 29.0 Å². The number of methoxy groups -OCH3 is 3. The van der Waals surface area contributed by atoms with Crippen LogP contribution in [0.2, 0.25) is 0 Å². The molecule has 0 aliphatic carbocycles. The minimum Gasteiger partial charge on any atom is -0.481 e. The van der Waals surface area contributed by atoms with Crippen LogP contribution in [0, 0.1) is 0 Å². The number of hydrogen-bond donors (Lipinski definition) is 2. The number of nitrogens with one attached hydrogen (secondary N) is 2. The van der Waals surface area contributed by atoms with Crippen LogP contribution in [0.15, 0.2) is 29.2 Å². The lowest BCUT2D eigenvalue weighted by Crippen LogP contribution is -2.36. The number of halogens is 1. The van der Waals surface area contributed by atoms with Gasteiger partial charge in [-0.25, -0.2) is 27.1 Å². The Morgan fingerprint density at radius 1 is 1.10 bits per heavy atom. The van der Waals surface area contributed by atoms with Gasteiger partial charge in [0.05, 0.1) is 33.0 Å². The quantitative estimate of drug-likeness (QED) is 0.613. The Kier molecular flexibility index (Phi) is 7.10. The molecular weight excluding hydrogens is 423 g/mol. The summed E-state index contributed by atoms with van der Waals surface area (Å²) >= 11 is 0. The van der Waals surface area contributed by atoms with Gasteiger partial charge in [-0.15, -0.1) is 0 Å². The lowest BCUT2D eigenvalue weighted by Gasteiger charge is -2.15. The molecule has 1 atom stereocenters. The van der Waals surface area contributed by atoms with E-state index >= 15 is 0 Å². The van der Waals surface area contributed by atoms with E-state index in [0.29, 0.717) is 0 Å². The van der Waals surface area contributed by atoms with Crippen LogP contribution in [0.5, 0.6) is 11.8 Å². The van der Waals surface area contributed by atoms with Crippen LogP contribution in [0.25, 0.3) is 0 Å². The molecule has 11 nitrogen and oxygen atoms in total. The summed E-state index contributed by atoms with van der Waals surface area (Å²) in [6, 6.07) is 3.69. The van der Waals surface area contributed by atoms with Gasteiger partial charge in [0.25, 0.3) is 10.0 Å². The fraction of sp³-hybridized carbons (Fsp3) is 0.294. The monoisotopic (exact) mass is 442 g/mol. The number of aromatic nitrogens is 2. The molecule has 13 heteroatoms. The maximum atomic E-state index is 14.0. The smallest absolute Gasteiger partial charge is 0.339 e. The van der Waals surface area contributed by atoms with Gasteiger partial charge < -0.3 is 14.2 Å². The highest BCUT2D eigenvalue weighted by molar-refractivity contribution is 7.90. The fourth-order valence-corrected chi connectivity index (χ4v) is 3.79. The molecule has 0 saturated carbocycles. The highest BCUT2D eigenvalue weighted by Crippen LogP contribution is 2.28. The molecule has 0 fully saturated rings. The first-order chi connectivity index (χ1) is 14.1. The normalized spacial score (nSPS) is 11.9. The van der Waals surface area contributed by atoms with Crippen LogP contribution in [-0.4, -0.2) is 51.7 Å². The zero-order chi connectivity index (χ0) is 22.5. The Hall–Kier alpha value is -3.48. The Morgan fingerprint density at radius 2 is 1.70 bits per heavy atom. The van der Waals surface area contributed by atoms with E-state index < -0.39 is 38.7 Å². The first kappa shape index (κ1) is 22.8. The standard InChI is InChI=1S/C17H19FN4O7S/c1-9(18)10-6-5-7-11(15(23)29-4)14(10)30(25,26)22-17(24)21-16-19-12(27-2)8-13(20-16)28-3/h5-9H,1-4H3,(H2,19,20,21,22,24). The van der Waals surface area contributed by atoms with E-state index in [1.807, 2.05) is 0 Å². The number of sulfonamides is 1. The van der Waals surface area contributed by atoms with Crippen molar-refractivity contribution in [3.05, 3.63) is 35.4 Å². The molecule has 1 aromatic carbocycles. The van der Waals surface area contributed by atoms with Crippen LogP contribution in [-0.2, 0) is 14.8 Å². The number of ether oxygens (including phenoxy) is 3. The van der Waals surface area contributed by atoms with Crippen molar-refractivity contribution in [2.24, 2.45) is 0 Å². The van der Waals surface area contributed by atoms with Crippen molar-refractivity contribution in [1.82, 2.24) is 14.7 Å². The summed E-state index contributed by atoms with van der Waals surface area (Å²) in [6.45, 7) is 1.09. The average Bonchev–Trinajstić information content (AvgIpc) is 2.71. The van der Waals surface area contributed by atoms with Crippen molar-refractivity contribution >= 4 is 28.0 Å². The average molecular weight is 442 g/mol. The summed E-state index contributed by atoms with van der Waals surface area (Å²) < 4.78 is 55.8. The summed E-state index contributed by atoms with van der Waals surface area (Å²) in [5.41, 5.74) is -0.753. The van der Waals surface area contributed by atoms with E-state index in [1.165, 1.54) is 32.4 Å². The molecule has 2 rings (SSSR count). The first-order valence-corrected chi connectivity index (χ1v) is 9.77. The van der Waals surface area contributed by atoms with Crippen molar-refractivity contribution in [3.8, 4) is 11.8 Å². The minimum absolute atomic E-state index is 0.0459. The van der Waals surface area contributed by atoms with Gasteiger partial charge in [-0.05, 0) is 13.0 Å². The Morgan fingerprint density at radius 3 is 2.20 bits per heavy atom. The number of esters is 1. The van der Waals surface area contributed by atoms with Crippen LogP contribution in [0.4, 0.5) is 15.1 Å². The molecule has 0 radical (unpaired) electrons. The number of benzene rings is 1. The molecule has 0 saturated heterocycles. The Bertz CT molecular complexity index is 1040. The van der Waals surface area contributed by atoms with Crippen molar-refractivity contribution in [2.45, 2.75) is 18.0 Å². The molecule has 1 unspecified atom stereocenters. The van der Waals surface area contributed by atoms with Gasteiger partial charge in [0.1, 0.15) is 11.1 Å². The predicted molar refractivity (Wildman–Crippen MR) is 102 cm³/mol. The molecular formula is C17H19FN4O7S. The van der Waals surface area contributed by atoms with Gasteiger partial charge in [-0.1, -0.05) is 12.1 Å². The van der Waals surface area contributed by atoms with E-state index in [9.17, 15) is 22.4 Å². The zero-order valence-corrected chi connectivity index (χ0v) is 17.2. The van der Waals surface area contributed by atoms with Gasteiger partial charge >= 0.3 is 12.0 Å². The predicted octanol–water partition coefficient (Wildman–Crippen LogP) is 1.82. The molecule has 0 spiro atoms. The third-order valence-corrected chi connectivity index (χ3v) is 5.15. The second-order valence-electron chi connectivity index (χ2n) is 5.67. The number of carbonyl (C=O) groups excluding carboxylic acids is 2. The maximum absolute atomic E-state index is 14.0. The SMILES string of the molecule is COC(=O)c1cccc(C(C)F)c1S(=O)(=O)NC(=O)Nc1nc(OC)cc(OC)n1. The molecule has 2 aromatic rings. The van der Waals surface area contributed by atoms with E-state index in [0.717, 1.165) is 20.1 Å². The largest absolute Gasteiger partial charge is 0.481 e. The summed E-state index contributed by atoms with van der Waals surface area (Å²) in [4.78, 5) is 31.2. The Labute approximate surface area is 171 Å². The molecule has 1 heterocycles. The topological polar surface area (TPSA) is 146 Å². The lowest BCUT2D eigenvalue weighted by molar-refractivity contribution is 0.0595. The van der Waals surface area contributed by atoms with Crippen molar-refractivity contribution in [2.75, 3.05) is 26.6 Å². The number of hydrogen-bond acceptors (Lipinski definition) is 9. The zero-order valence-electron chi connectivity index (χ0n) is 16.4. The highest BCUT2D eigenvalue weighted by Gasteiger charge is 2.30. The molecule has 2 amide bonds. The van der Waals surface area contributed by atoms with E-state index in [1.54, 1.807) is 4.72 Å². The van der Waals surface area contributed by atoms with Gasteiger partial charge in [0, 0.05) is 5.56 Å². The van der Waals surface area contributed by atoms with Gasteiger partial charge in [-0.2, -0.15) is 9.97 Å². The van der Waals surface area contributed by atoms with Gasteiger partial charge in [0.15, 0.2) is 0 Å². The van der Waals surface area contributed by atoms with E-state index in [4.69, 9.17) is 9.47 Å². The van der Waals surface area contributed by atoms with Crippen LogP contribution >= 0.6 is 0 Å². The second kappa shape index (κ2) is 9.35. The molecule has 0 bridgehead atoms. The number of alkyl halides is 1. The summed E-state index contributed by atoms with van der Waals surface area (Å²) in [7, 11) is -1.02. The Balaban J connectivity index is 2.39. The van der Waals surface area contributed by atoms with Gasteiger partial charge in [0.2, 0.25) is 17.7 Å². The highest BCUT2D eigenvalue weighted by atomic mass is 32.2. The van der Waals surface area contributed by atoms with Gasteiger partial charge in [-0.3, -0.25) is 5.32 Å². The van der Waals surface area contributed by atoms with Crippen LogP contribution < -0.4 is 19.5 Å². The molecule has 1 aromatic heterocycles. The van der Waals surface area contributed by atoms with E-state index in [-0.39, 0.29) is 23.3 Å². The number of rotatable bonds is 7. The van der Waals surface area contributed by atoms with Crippen molar-refractivity contribution in [3.63, 3.8) is 0 Å². The van der Waals surface area contributed by atoms with Crippen molar-refractivity contribution in [1.29, 1.82) is 0 Å². The third kappa shape index (κ3) is 5.11. The molecule has 162 valence electrons. The second-order valence-corrected chi connectivity index (χ2v) is 7.29. The molecule has 0 aliphatic rings. The lowest BCUT2D eigenvalue weighted by atomic mass is 10.1. The summed E-state index contributed by atoms with van der Waals surface area (Å²) in [6.07, 6.45) is -1.75. The molecule has 2 N–H and O–H groups in total. The first-order valence-electron chi connectivity index (χ1n) is 8.29. The summed E-state index contributed by atoms with van der Waals surface area (Å²) in [5, 5.41) is 2.11. The molecule has 30 heavy (non-hydrogen) atoms. The number of anilines is 1. The van der Waals surface area contributed by atoms with E-state index in [2.05, 4.69) is 20.0 Å². The number of carbonyl (C=O) groups is 2. The van der Waals surface area contributed by atoms with Crippen molar-refractivity contribution < 1.29 is 36.6 Å². The third-order valence-electron chi connectivity index (χ3n) is 3.70. The summed E-state index contributed by atoms with van der Waals surface area (Å²) in [5.74, 6) is -1.24. The minimum atomic E-state index is -4.69. The molecule has 0 aliphatic heterocycles. The number of nitrogens with zero attached hydrogens (tertiary/aromatic N) is 2. The fourth-order valence-electron chi connectivity index (χ4n) is 2.41. The maximum Gasteiger partial charge on any atom is 0.339 e. The number of urea groups is 1. The van der Waals surface area contributed by atoms with Crippen LogP contribution in [0.3, 0.4) is 0 Å².